The monoisotopic (exact) mass is 299 g/mol. The molecule has 3 nitrogen and oxygen atoms in total. The third kappa shape index (κ3) is 3.00. The minimum Gasteiger partial charge on any atom is -0.496 e. The van der Waals surface area contributed by atoms with E-state index in [1.54, 1.807) is 24.5 Å². The van der Waals surface area contributed by atoms with Crippen molar-refractivity contribution in [3.63, 3.8) is 0 Å². The maximum atomic E-state index is 12.3. The van der Waals surface area contributed by atoms with Gasteiger partial charge in [0.1, 0.15) is 5.75 Å². The molecular formula is C17H17NO2S. The SMILES string of the molecule is COc1ccccc1C=CC(=O)N1CCc2sccc2C1. The van der Waals surface area contributed by atoms with Crippen LogP contribution in [0.25, 0.3) is 6.08 Å². The van der Waals surface area contributed by atoms with Gasteiger partial charge in [-0.3, -0.25) is 4.79 Å². The van der Waals surface area contributed by atoms with E-state index in [-0.39, 0.29) is 5.91 Å². The van der Waals surface area contributed by atoms with Gasteiger partial charge in [0.15, 0.2) is 0 Å². The van der Waals surface area contributed by atoms with E-state index in [0.717, 1.165) is 24.3 Å². The van der Waals surface area contributed by atoms with E-state index in [9.17, 15) is 4.79 Å². The van der Waals surface area contributed by atoms with Gasteiger partial charge in [0, 0.05) is 29.6 Å². The van der Waals surface area contributed by atoms with Crippen LogP contribution in [0.2, 0.25) is 0 Å². The van der Waals surface area contributed by atoms with Crippen molar-refractivity contribution in [3.8, 4) is 5.75 Å². The molecule has 0 fully saturated rings. The summed E-state index contributed by atoms with van der Waals surface area (Å²) in [7, 11) is 1.64. The fourth-order valence-corrected chi connectivity index (χ4v) is 3.40. The lowest BCUT2D eigenvalue weighted by Gasteiger charge is -2.25. The summed E-state index contributed by atoms with van der Waals surface area (Å²) < 4.78 is 5.28. The average Bonchev–Trinajstić information content (AvgIpc) is 3.00. The first-order valence-electron chi connectivity index (χ1n) is 6.93. The molecule has 1 aliphatic rings. The second-order valence-corrected chi connectivity index (χ2v) is 5.95. The van der Waals surface area contributed by atoms with Crippen LogP contribution in [0, 0.1) is 0 Å². The highest BCUT2D eigenvalue weighted by atomic mass is 32.1. The Labute approximate surface area is 128 Å². The van der Waals surface area contributed by atoms with Crippen molar-refractivity contribution < 1.29 is 9.53 Å². The number of fused-ring (bicyclic) bond motifs is 1. The maximum absolute atomic E-state index is 12.3. The molecule has 4 heteroatoms. The van der Waals surface area contributed by atoms with Gasteiger partial charge >= 0.3 is 0 Å². The molecule has 21 heavy (non-hydrogen) atoms. The molecule has 1 amide bonds. The van der Waals surface area contributed by atoms with E-state index in [2.05, 4.69) is 11.4 Å². The number of hydrogen-bond donors (Lipinski definition) is 0. The van der Waals surface area contributed by atoms with Crippen LogP contribution in [-0.2, 0) is 17.8 Å². The van der Waals surface area contributed by atoms with Crippen LogP contribution in [-0.4, -0.2) is 24.5 Å². The number of carbonyl (C=O) groups excluding carboxylic acids is 1. The second kappa shape index (κ2) is 6.14. The van der Waals surface area contributed by atoms with Crippen molar-refractivity contribution >= 4 is 23.3 Å². The van der Waals surface area contributed by atoms with Gasteiger partial charge in [-0.15, -0.1) is 11.3 Å². The van der Waals surface area contributed by atoms with Crippen molar-refractivity contribution in [1.29, 1.82) is 0 Å². The van der Waals surface area contributed by atoms with Gasteiger partial charge in [-0.2, -0.15) is 0 Å². The lowest BCUT2D eigenvalue weighted by atomic mass is 10.1. The quantitative estimate of drug-likeness (QED) is 0.813. The molecule has 0 aliphatic carbocycles. The normalized spacial score (nSPS) is 14.2. The van der Waals surface area contributed by atoms with Crippen LogP contribution >= 0.6 is 11.3 Å². The number of rotatable bonds is 3. The number of thiophene rings is 1. The number of carbonyl (C=O) groups is 1. The van der Waals surface area contributed by atoms with Crippen LogP contribution in [0.5, 0.6) is 5.75 Å². The Morgan fingerprint density at radius 3 is 3.05 bits per heavy atom. The Kier molecular flexibility index (Phi) is 4.06. The largest absolute Gasteiger partial charge is 0.496 e. The first kappa shape index (κ1) is 13.9. The lowest BCUT2D eigenvalue weighted by molar-refractivity contribution is -0.126. The molecule has 0 spiro atoms. The molecule has 1 aromatic heterocycles. The molecule has 0 radical (unpaired) electrons. The number of nitrogens with zero attached hydrogens (tertiary/aromatic N) is 1. The molecule has 0 atom stereocenters. The molecule has 0 saturated carbocycles. The standard InChI is InChI=1S/C17H17NO2S/c1-20-15-5-3-2-4-13(15)6-7-17(19)18-10-8-16-14(12-18)9-11-21-16/h2-7,9,11H,8,10,12H2,1H3. The predicted molar refractivity (Wildman–Crippen MR) is 85.5 cm³/mol. The average molecular weight is 299 g/mol. The summed E-state index contributed by atoms with van der Waals surface area (Å²) in [5.74, 6) is 0.832. The van der Waals surface area contributed by atoms with E-state index in [1.165, 1.54) is 10.4 Å². The van der Waals surface area contributed by atoms with Gasteiger partial charge in [-0.05, 0) is 35.6 Å². The Hall–Kier alpha value is -2.07. The van der Waals surface area contributed by atoms with Crippen LogP contribution in [0.3, 0.4) is 0 Å². The van der Waals surface area contributed by atoms with E-state index in [0.29, 0.717) is 6.54 Å². The zero-order valence-electron chi connectivity index (χ0n) is 11.9. The van der Waals surface area contributed by atoms with Crippen LogP contribution in [0.15, 0.2) is 41.8 Å². The van der Waals surface area contributed by atoms with Crippen LogP contribution < -0.4 is 4.74 Å². The smallest absolute Gasteiger partial charge is 0.246 e. The summed E-state index contributed by atoms with van der Waals surface area (Å²) in [6.07, 6.45) is 4.42. The van der Waals surface area contributed by atoms with E-state index < -0.39 is 0 Å². The van der Waals surface area contributed by atoms with Gasteiger partial charge in [0.25, 0.3) is 0 Å². The number of hydrogen-bond acceptors (Lipinski definition) is 3. The molecule has 1 aliphatic heterocycles. The van der Waals surface area contributed by atoms with Crippen molar-refractivity contribution in [3.05, 3.63) is 57.8 Å². The summed E-state index contributed by atoms with van der Waals surface area (Å²) in [6.45, 7) is 1.51. The third-order valence-electron chi connectivity index (χ3n) is 3.66. The van der Waals surface area contributed by atoms with Crippen molar-refractivity contribution in [2.45, 2.75) is 13.0 Å². The van der Waals surface area contributed by atoms with Gasteiger partial charge in [0.05, 0.1) is 7.11 Å². The highest BCUT2D eigenvalue weighted by Crippen LogP contribution is 2.24. The number of ether oxygens (including phenoxy) is 1. The Morgan fingerprint density at radius 1 is 1.33 bits per heavy atom. The Bertz CT molecular complexity index is 675. The minimum atomic E-state index is 0.0535. The first-order valence-corrected chi connectivity index (χ1v) is 7.81. The van der Waals surface area contributed by atoms with Crippen molar-refractivity contribution in [1.82, 2.24) is 4.90 Å². The Balaban J connectivity index is 1.71. The maximum Gasteiger partial charge on any atom is 0.246 e. The third-order valence-corrected chi connectivity index (χ3v) is 4.69. The molecule has 0 N–H and O–H groups in total. The zero-order chi connectivity index (χ0) is 14.7. The van der Waals surface area contributed by atoms with E-state index in [1.807, 2.05) is 35.2 Å². The van der Waals surface area contributed by atoms with Crippen molar-refractivity contribution in [2.75, 3.05) is 13.7 Å². The van der Waals surface area contributed by atoms with Crippen molar-refractivity contribution in [2.24, 2.45) is 0 Å². The summed E-state index contributed by atoms with van der Waals surface area (Å²) >= 11 is 1.78. The molecule has 2 aromatic rings. The molecule has 0 bridgehead atoms. The molecule has 3 rings (SSSR count). The zero-order valence-corrected chi connectivity index (χ0v) is 12.7. The van der Waals surface area contributed by atoms with Crippen LogP contribution in [0.4, 0.5) is 0 Å². The predicted octanol–water partition coefficient (Wildman–Crippen LogP) is 3.35. The summed E-state index contributed by atoms with van der Waals surface area (Å²) in [5.41, 5.74) is 2.20. The highest BCUT2D eigenvalue weighted by molar-refractivity contribution is 7.10. The molecule has 1 aromatic carbocycles. The van der Waals surface area contributed by atoms with Gasteiger partial charge in [0.2, 0.25) is 5.91 Å². The van der Waals surface area contributed by atoms with Gasteiger partial charge in [-0.25, -0.2) is 0 Å². The first-order chi connectivity index (χ1) is 10.3. The topological polar surface area (TPSA) is 29.5 Å². The fourth-order valence-electron chi connectivity index (χ4n) is 2.51. The summed E-state index contributed by atoms with van der Waals surface area (Å²) in [6, 6.07) is 9.80. The molecule has 0 unspecified atom stereocenters. The number of para-hydroxylation sites is 1. The minimum absolute atomic E-state index is 0.0535. The Morgan fingerprint density at radius 2 is 2.19 bits per heavy atom. The van der Waals surface area contributed by atoms with Gasteiger partial charge < -0.3 is 9.64 Å². The highest BCUT2D eigenvalue weighted by Gasteiger charge is 2.19. The number of methoxy groups -OCH3 is 1. The molecule has 108 valence electrons. The fraction of sp³-hybridized carbons (Fsp3) is 0.235. The van der Waals surface area contributed by atoms with E-state index >= 15 is 0 Å². The second-order valence-electron chi connectivity index (χ2n) is 4.95. The number of benzene rings is 1. The number of amides is 1. The van der Waals surface area contributed by atoms with Gasteiger partial charge in [-0.1, -0.05) is 18.2 Å². The molecule has 0 saturated heterocycles. The molecular weight excluding hydrogens is 282 g/mol. The lowest BCUT2D eigenvalue weighted by Crippen LogP contribution is -2.34. The van der Waals surface area contributed by atoms with E-state index in [4.69, 9.17) is 4.74 Å². The van der Waals surface area contributed by atoms with Crippen LogP contribution in [0.1, 0.15) is 16.0 Å². The summed E-state index contributed by atoms with van der Waals surface area (Å²) in [5, 5.41) is 2.10. The summed E-state index contributed by atoms with van der Waals surface area (Å²) in [4.78, 5) is 15.6. The molecule has 2 heterocycles.